The van der Waals surface area contributed by atoms with Crippen LogP contribution in [0.1, 0.15) is 16.7 Å². The smallest absolute Gasteiger partial charge is 0.341 e. The van der Waals surface area contributed by atoms with E-state index in [1.807, 2.05) is 0 Å². The molecule has 2 N–H and O–H groups in total. The first-order valence-corrected chi connectivity index (χ1v) is 9.54. The van der Waals surface area contributed by atoms with Crippen LogP contribution in [0.4, 0.5) is 11.4 Å². The van der Waals surface area contributed by atoms with Crippen LogP contribution in [0.15, 0.2) is 46.3 Å². The number of aryl methyl sites for hydroxylation is 1. The maximum atomic E-state index is 12.2. The third-order valence-corrected chi connectivity index (χ3v) is 5.15. The number of ether oxygens (including phenoxy) is 1. The molecule has 0 spiro atoms. The Bertz CT molecular complexity index is 1090. The monoisotopic (exact) mass is 427 g/mol. The van der Waals surface area contributed by atoms with Crippen molar-refractivity contribution in [2.75, 3.05) is 6.61 Å². The number of benzene rings is 2. The van der Waals surface area contributed by atoms with E-state index in [9.17, 15) is 19.7 Å². The average molecular weight is 427 g/mol. The molecule has 0 radical (unpaired) electrons. The van der Waals surface area contributed by atoms with Gasteiger partial charge in [-0.1, -0.05) is 12.1 Å². The van der Waals surface area contributed by atoms with E-state index in [2.05, 4.69) is 10.3 Å². The number of carbonyl (C=O) groups is 2. The fraction of sp³-hybridized carbons (Fsp3) is 0.150. The van der Waals surface area contributed by atoms with Gasteiger partial charge in [-0.05, 0) is 61.0 Å². The van der Waals surface area contributed by atoms with Crippen molar-refractivity contribution in [1.82, 2.24) is 5.32 Å². The van der Waals surface area contributed by atoms with Gasteiger partial charge in [0.05, 0.1) is 15.5 Å². The maximum absolute atomic E-state index is 12.2. The summed E-state index contributed by atoms with van der Waals surface area (Å²) in [6.45, 7) is 3.01. The molecule has 1 amide bonds. The number of aliphatic carboxylic acids is 1. The van der Waals surface area contributed by atoms with Crippen LogP contribution >= 0.6 is 11.8 Å². The van der Waals surface area contributed by atoms with E-state index in [1.165, 1.54) is 6.07 Å². The van der Waals surface area contributed by atoms with E-state index in [0.717, 1.165) is 22.9 Å². The lowest BCUT2D eigenvalue weighted by molar-refractivity contribution is -0.385. The number of amidine groups is 1. The predicted octanol–water partition coefficient (Wildman–Crippen LogP) is 3.57. The molecular formula is C20H17N3O6S. The summed E-state index contributed by atoms with van der Waals surface area (Å²) >= 11 is 1.12. The molecule has 0 aromatic heterocycles. The number of thioether (sulfide) groups is 1. The van der Waals surface area contributed by atoms with Crippen LogP contribution in [0.3, 0.4) is 0 Å². The normalized spacial score (nSPS) is 16.0. The standard InChI is InChI=1S/C20H17N3O6S/c1-11-7-14(9-16(12(11)2)23(27)28)21-20-22-19(26)17(30-20)8-13-3-5-15(6-4-13)29-10-18(24)25/h3-9H,10H2,1-2H3,(H,24,25)(H,21,22,26)/b17-8-. The van der Waals surface area contributed by atoms with Crippen molar-refractivity contribution in [3.63, 3.8) is 0 Å². The van der Waals surface area contributed by atoms with Crippen LogP contribution < -0.4 is 10.1 Å². The Kier molecular flexibility index (Phi) is 6.17. The van der Waals surface area contributed by atoms with Gasteiger partial charge in [-0.25, -0.2) is 9.79 Å². The zero-order chi connectivity index (χ0) is 21.8. The van der Waals surface area contributed by atoms with Gasteiger partial charge in [-0.3, -0.25) is 14.9 Å². The van der Waals surface area contributed by atoms with Crippen molar-refractivity contribution >= 4 is 46.3 Å². The number of carboxylic acid groups (broad SMARTS) is 1. The Balaban J connectivity index is 1.78. The highest BCUT2D eigenvalue weighted by Gasteiger charge is 2.24. The summed E-state index contributed by atoms with van der Waals surface area (Å²) in [5, 5.41) is 22.8. The number of nitrogens with one attached hydrogen (secondary N) is 1. The molecule has 1 fully saturated rings. The van der Waals surface area contributed by atoms with Crippen LogP contribution in [-0.2, 0) is 9.59 Å². The fourth-order valence-corrected chi connectivity index (χ4v) is 3.47. The first-order chi connectivity index (χ1) is 14.2. The van der Waals surface area contributed by atoms with Crippen LogP contribution in [0.2, 0.25) is 0 Å². The quantitative estimate of drug-likeness (QED) is 0.409. The highest BCUT2D eigenvalue weighted by Crippen LogP contribution is 2.31. The average Bonchev–Trinajstić information content (AvgIpc) is 3.02. The summed E-state index contributed by atoms with van der Waals surface area (Å²) in [5.41, 5.74) is 2.39. The van der Waals surface area contributed by atoms with Crippen LogP contribution in [-0.4, -0.2) is 33.7 Å². The van der Waals surface area contributed by atoms with Crippen molar-refractivity contribution in [2.45, 2.75) is 13.8 Å². The Labute approximate surface area is 175 Å². The number of hydrogen-bond acceptors (Lipinski definition) is 7. The lowest BCUT2D eigenvalue weighted by Gasteiger charge is -2.04. The largest absolute Gasteiger partial charge is 0.482 e. The lowest BCUT2D eigenvalue weighted by Crippen LogP contribution is -2.19. The van der Waals surface area contributed by atoms with Gasteiger partial charge in [0.1, 0.15) is 5.75 Å². The highest BCUT2D eigenvalue weighted by molar-refractivity contribution is 8.18. The zero-order valence-electron chi connectivity index (χ0n) is 16.0. The number of amides is 1. The maximum Gasteiger partial charge on any atom is 0.341 e. The number of nitro groups is 1. The first kappa shape index (κ1) is 21.1. The Hall–Kier alpha value is -3.66. The molecule has 1 aliphatic heterocycles. The number of hydrogen-bond donors (Lipinski definition) is 2. The molecule has 154 valence electrons. The summed E-state index contributed by atoms with van der Waals surface area (Å²) in [5.74, 6) is -0.994. The van der Waals surface area contributed by atoms with Crippen LogP contribution in [0.25, 0.3) is 6.08 Å². The van der Waals surface area contributed by atoms with E-state index < -0.39 is 17.5 Å². The SMILES string of the molecule is Cc1cc(N=C2NC(=O)/C(=C/c3ccc(OCC(=O)O)cc3)S2)cc([N+](=O)[O-])c1C. The lowest BCUT2D eigenvalue weighted by atomic mass is 10.1. The van der Waals surface area contributed by atoms with Crippen molar-refractivity contribution < 1.29 is 24.4 Å². The number of nitrogens with zero attached hydrogens (tertiary/aromatic N) is 2. The Morgan fingerprint density at radius 2 is 2.00 bits per heavy atom. The zero-order valence-corrected chi connectivity index (χ0v) is 16.9. The highest BCUT2D eigenvalue weighted by atomic mass is 32.2. The third-order valence-electron chi connectivity index (χ3n) is 4.24. The number of carbonyl (C=O) groups excluding carboxylic acids is 1. The molecule has 9 nitrogen and oxygen atoms in total. The van der Waals surface area contributed by atoms with Crippen molar-refractivity contribution in [1.29, 1.82) is 0 Å². The third kappa shape index (κ3) is 5.03. The summed E-state index contributed by atoms with van der Waals surface area (Å²) in [4.78, 5) is 38.3. The summed E-state index contributed by atoms with van der Waals surface area (Å²) in [7, 11) is 0. The van der Waals surface area contributed by atoms with Crippen molar-refractivity contribution in [2.24, 2.45) is 4.99 Å². The van der Waals surface area contributed by atoms with E-state index in [1.54, 1.807) is 50.3 Å². The van der Waals surface area contributed by atoms with Gasteiger partial charge in [0, 0.05) is 11.6 Å². The first-order valence-electron chi connectivity index (χ1n) is 8.73. The van der Waals surface area contributed by atoms with E-state index in [4.69, 9.17) is 9.84 Å². The Morgan fingerprint density at radius 1 is 1.30 bits per heavy atom. The van der Waals surface area contributed by atoms with Crippen molar-refractivity contribution in [3.05, 3.63) is 68.1 Å². The molecular weight excluding hydrogens is 410 g/mol. The Morgan fingerprint density at radius 3 is 2.63 bits per heavy atom. The van der Waals surface area contributed by atoms with Gasteiger partial charge in [-0.2, -0.15) is 0 Å². The number of aliphatic imine (C=N–C) groups is 1. The summed E-state index contributed by atoms with van der Waals surface area (Å²) in [6.07, 6.45) is 1.66. The van der Waals surface area contributed by atoms with Gasteiger partial charge < -0.3 is 15.2 Å². The molecule has 2 aromatic carbocycles. The van der Waals surface area contributed by atoms with E-state index in [0.29, 0.717) is 27.1 Å². The van der Waals surface area contributed by atoms with Crippen LogP contribution in [0.5, 0.6) is 5.75 Å². The van der Waals surface area contributed by atoms with E-state index >= 15 is 0 Å². The summed E-state index contributed by atoms with van der Waals surface area (Å²) < 4.78 is 5.07. The molecule has 10 heteroatoms. The molecule has 0 atom stereocenters. The van der Waals surface area contributed by atoms with Gasteiger partial charge >= 0.3 is 5.97 Å². The molecule has 1 heterocycles. The molecule has 0 unspecified atom stereocenters. The minimum absolute atomic E-state index is 0.0235. The number of rotatable bonds is 6. The minimum atomic E-state index is -1.07. The molecule has 0 aliphatic carbocycles. The molecule has 3 rings (SSSR count). The molecule has 1 saturated heterocycles. The molecule has 0 saturated carbocycles. The van der Waals surface area contributed by atoms with Gasteiger partial charge in [0.2, 0.25) is 0 Å². The predicted molar refractivity (Wildman–Crippen MR) is 113 cm³/mol. The van der Waals surface area contributed by atoms with Gasteiger partial charge in [0.25, 0.3) is 11.6 Å². The molecule has 1 aliphatic rings. The number of carboxylic acids is 1. The van der Waals surface area contributed by atoms with Crippen LogP contribution in [0, 0.1) is 24.0 Å². The van der Waals surface area contributed by atoms with Gasteiger partial charge in [0.15, 0.2) is 11.8 Å². The van der Waals surface area contributed by atoms with E-state index in [-0.39, 0.29) is 11.6 Å². The molecule has 2 aromatic rings. The summed E-state index contributed by atoms with van der Waals surface area (Å²) in [6, 6.07) is 9.70. The molecule has 0 bridgehead atoms. The second-order valence-corrected chi connectivity index (χ2v) is 7.43. The second kappa shape index (κ2) is 8.78. The van der Waals surface area contributed by atoms with Crippen molar-refractivity contribution in [3.8, 4) is 5.75 Å². The number of nitro benzene ring substituents is 1. The topological polar surface area (TPSA) is 131 Å². The van der Waals surface area contributed by atoms with Gasteiger partial charge in [-0.15, -0.1) is 0 Å². The second-order valence-electron chi connectivity index (χ2n) is 6.40. The fourth-order valence-electron chi connectivity index (χ4n) is 2.63. The minimum Gasteiger partial charge on any atom is -0.482 e. The molecule has 30 heavy (non-hydrogen) atoms.